The molecule has 35 heavy (non-hydrogen) atoms. The van der Waals surface area contributed by atoms with Gasteiger partial charge in [-0.1, -0.05) is 26.0 Å². The zero-order valence-electron chi connectivity index (χ0n) is 20.2. The second-order valence-electron chi connectivity index (χ2n) is 8.52. The summed E-state index contributed by atoms with van der Waals surface area (Å²) in [5, 5.41) is 19.7. The van der Waals surface area contributed by atoms with Gasteiger partial charge in [0.2, 0.25) is 0 Å². The maximum atomic E-state index is 13.2. The minimum Gasteiger partial charge on any atom is -0.508 e. The number of aryl methyl sites for hydroxylation is 3. The highest BCUT2D eigenvalue weighted by molar-refractivity contribution is 7.53. The van der Waals surface area contributed by atoms with Gasteiger partial charge in [-0.2, -0.15) is 0 Å². The normalized spacial score (nSPS) is 19.9. The van der Waals surface area contributed by atoms with Crippen molar-refractivity contribution in [3.8, 4) is 28.7 Å². The van der Waals surface area contributed by atoms with Crippen LogP contribution >= 0.6 is 7.60 Å². The smallest absolute Gasteiger partial charge is 0.368 e. The third-order valence-corrected chi connectivity index (χ3v) is 7.54. The van der Waals surface area contributed by atoms with Crippen molar-refractivity contribution in [3.05, 3.63) is 76.9 Å². The topological polar surface area (TPSA) is 94.5 Å². The second-order valence-corrected chi connectivity index (χ2v) is 10.5. The Morgan fingerprint density at radius 1 is 1.00 bits per heavy atom. The van der Waals surface area contributed by atoms with E-state index in [0.717, 1.165) is 28.0 Å². The molecule has 0 amide bonds. The van der Waals surface area contributed by atoms with Gasteiger partial charge >= 0.3 is 7.60 Å². The van der Waals surface area contributed by atoms with Crippen molar-refractivity contribution in [2.45, 2.75) is 46.1 Å². The molecule has 1 aliphatic rings. The molecule has 3 aromatic carbocycles. The lowest BCUT2D eigenvalue weighted by Gasteiger charge is -2.30. The maximum Gasteiger partial charge on any atom is 0.368 e. The van der Waals surface area contributed by atoms with Gasteiger partial charge in [-0.15, -0.1) is 0 Å². The molecule has 7 nitrogen and oxygen atoms in total. The highest BCUT2D eigenvalue weighted by atomic mass is 31.2. The lowest BCUT2D eigenvalue weighted by atomic mass is 10.1. The predicted molar refractivity (Wildman–Crippen MR) is 134 cm³/mol. The standard InChI is InChI=1S/C27H31O7P/c1-4-19-15-23(9-10-25(19)29)33-27-18(3)13-24(16-20(27)5-2)31-17-35(30)32-12-11-26(34-35)21-7-6-8-22(28)14-21/h6-10,13-16,26,28-29H,4-5,11-12,17H2,1-3H3. The summed E-state index contributed by atoms with van der Waals surface area (Å²) in [6.07, 6.45) is 1.29. The van der Waals surface area contributed by atoms with Gasteiger partial charge in [-0.3, -0.25) is 9.09 Å². The largest absolute Gasteiger partial charge is 0.508 e. The minimum atomic E-state index is -3.49. The monoisotopic (exact) mass is 498 g/mol. The Labute approximate surface area is 205 Å². The second kappa shape index (κ2) is 10.7. The minimum absolute atomic E-state index is 0.131. The van der Waals surface area contributed by atoms with E-state index in [1.165, 1.54) is 0 Å². The van der Waals surface area contributed by atoms with Crippen LogP contribution in [0.3, 0.4) is 0 Å². The number of phenolic OH excluding ortho intramolecular Hbond substituents is 2. The van der Waals surface area contributed by atoms with Crippen LogP contribution in [0.5, 0.6) is 28.7 Å². The highest BCUT2D eigenvalue weighted by Gasteiger charge is 2.35. The summed E-state index contributed by atoms with van der Waals surface area (Å²) in [6, 6.07) is 15.7. The van der Waals surface area contributed by atoms with Crippen molar-refractivity contribution in [2.75, 3.05) is 13.0 Å². The number of hydrogen-bond acceptors (Lipinski definition) is 7. The quantitative estimate of drug-likeness (QED) is 0.322. The van der Waals surface area contributed by atoms with Crippen LogP contribution in [0.4, 0.5) is 0 Å². The zero-order valence-corrected chi connectivity index (χ0v) is 21.1. The SMILES string of the molecule is CCc1cc(Oc2c(C)cc(OCP3(=O)OCCC(c4cccc(O)c4)O3)cc2CC)ccc1O. The van der Waals surface area contributed by atoms with E-state index in [4.69, 9.17) is 18.5 Å². The molecule has 186 valence electrons. The van der Waals surface area contributed by atoms with Gasteiger partial charge in [0, 0.05) is 6.42 Å². The molecule has 0 spiro atoms. The van der Waals surface area contributed by atoms with Crippen LogP contribution in [0.2, 0.25) is 0 Å². The predicted octanol–water partition coefficient (Wildman–Crippen LogP) is 7.03. The summed E-state index contributed by atoms with van der Waals surface area (Å²) in [5.41, 5.74) is 3.37. The molecule has 1 aliphatic heterocycles. The molecular weight excluding hydrogens is 467 g/mol. The van der Waals surface area contributed by atoms with Gasteiger partial charge in [-0.05, 0) is 84.5 Å². The van der Waals surface area contributed by atoms with Crippen molar-refractivity contribution >= 4 is 7.60 Å². The third-order valence-electron chi connectivity index (χ3n) is 5.94. The maximum absolute atomic E-state index is 13.2. The van der Waals surface area contributed by atoms with Crippen LogP contribution in [0.15, 0.2) is 54.6 Å². The molecule has 2 atom stereocenters. The van der Waals surface area contributed by atoms with E-state index < -0.39 is 13.7 Å². The molecule has 3 aromatic rings. The molecule has 4 rings (SSSR count). The first-order valence-corrected chi connectivity index (χ1v) is 13.5. The van der Waals surface area contributed by atoms with Gasteiger partial charge in [0.15, 0.2) is 6.35 Å². The molecule has 1 fully saturated rings. The number of rotatable bonds is 8. The van der Waals surface area contributed by atoms with Gasteiger partial charge in [-0.25, -0.2) is 0 Å². The van der Waals surface area contributed by atoms with Crippen LogP contribution in [-0.4, -0.2) is 23.2 Å². The summed E-state index contributed by atoms with van der Waals surface area (Å²) >= 11 is 0. The molecule has 1 heterocycles. The summed E-state index contributed by atoms with van der Waals surface area (Å²) in [4.78, 5) is 0. The van der Waals surface area contributed by atoms with E-state index >= 15 is 0 Å². The lowest BCUT2D eigenvalue weighted by Crippen LogP contribution is -2.17. The average Bonchev–Trinajstić information content (AvgIpc) is 2.85. The summed E-state index contributed by atoms with van der Waals surface area (Å²) < 4.78 is 36.6. The van der Waals surface area contributed by atoms with E-state index in [0.29, 0.717) is 30.8 Å². The molecule has 0 saturated carbocycles. The molecule has 1 saturated heterocycles. The fraction of sp³-hybridized carbons (Fsp3) is 0.333. The van der Waals surface area contributed by atoms with Gasteiger partial charge in [0.1, 0.15) is 28.7 Å². The molecule has 8 heteroatoms. The van der Waals surface area contributed by atoms with Crippen LogP contribution in [0.25, 0.3) is 0 Å². The Balaban J connectivity index is 1.48. The average molecular weight is 499 g/mol. The third kappa shape index (κ3) is 5.99. The van der Waals surface area contributed by atoms with E-state index in [9.17, 15) is 14.8 Å². The summed E-state index contributed by atoms with van der Waals surface area (Å²) in [7, 11) is -3.49. The zero-order chi connectivity index (χ0) is 25.0. The Morgan fingerprint density at radius 2 is 1.77 bits per heavy atom. The Bertz CT molecular complexity index is 1240. The van der Waals surface area contributed by atoms with E-state index in [2.05, 4.69) is 0 Å². The summed E-state index contributed by atoms with van der Waals surface area (Å²) in [5.74, 6) is 2.32. The number of hydrogen-bond donors (Lipinski definition) is 2. The molecular formula is C27H31O7P. The fourth-order valence-corrected chi connectivity index (χ4v) is 5.58. The number of benzene rings is 3. The molecule has 0 radical (unpaired) electrons. The number of ether oxygens (including phenoxy) is 2. The number of phenols is 2. The van der Waals surface area contributed by atoms with Crippen LogP contribution in [-0.2, 0) is 26.5 Å². The van der Waals surface area contributed by atoms with Crippen LogP contribution in [0.1, 0.15) is 48.6 Å². The van der Waals surface area contributed by atoms with Crippen LogP contribution < -0.4 is 9.47 Å². The van der Waals surface area contributed by atoms with E-state index in [1.54, 1.807) is 30.3 Å². The lowest BCUT2D eigenvalue weighted by molar-refractivity contribution is 0.0724. The Kier molecular flexibility index (Phi) is 7.70. The van der Waals surface area contributed by atoms with Gasteiger partial charge in [0.25, 0.3) is 0 Å². The molecule has 0 aromatic heterocycles. The molecule has 2 N–H and O–H groups in total. The molecule has 0 aliphatic carbocycles. The van der Waals surface area contributed by atoms with Gasteiger partial charge < -0.3 is 24.2 Å². The van der Waals surface area contributed by atoms with Crippen molar-refractivity contribution in [1.29, 1.82) is 0 Å². The van der Waals surface area contributed by atoms with Crippen molar-refractivity contribution in [1.82, 2.24) is 0 Å². The Morgan fingerprint density at radius 3 is 2.51 bits per heavy atom. The van der Waals surface area contributed by atoms with E-state index in [1.807, 2.05) is 45.0 Å². The first-order valence-electron chi connectivity index (χ1n) is 11.8. The first kappa shape index (κ1) is 25.1. The highest BCUT2D eigenvalue weighted by Crippen LogP contribution is 2.56. The fourth-order valence-electron chi connectivity index (χ4n) is 4.08. The van der Waals surface area contributed by atoms with Gasteiger partial charge in [0.05, 0.1) is 12.7 Å². The Hall–Kier alpha value is -2.99. The van der Waals surface area contributed by atoms with E-state index in [-0.39, 0.29) is 24.5 Å². The van der Waals surface area contributed by atoms with Crippen molar-refractivity contribution < 1.29 is 33.3 Å². The number of aromatic hydroxyl groups is 2. The molecule has 0 bridgehead atoms. The van der Waals surface area contributed by atoms with Crippen molar-refractivity contribution in [3.63, 3.8) is 0 Å². The van der Waals surface area contributed by atoms with Crippen LogP contribution in [0, 0.1) is 6.92 Å². The summed E-state index contributed by atoms with van der Waals surface area (Å²) in [6.45, 7) is 6.20. The first-order chi connectivity index (χ1) is 16.8. The van der Waals surface area contributed by atoms with Crippen molar-refractivity contribution in [2.24, 2.45) is 0 Å². The molecule has 2 unspecified atom stereocenters.